The molecule has 3 rings (SSSR count). The molecule has 106 valence electrons. The van der Waals surface area contributed by atoms with E-state index in [1.165, 1.54) is 0 Å². The maximum atomic E-state index is 12.1. The Morgan fingerprint density at radius 2 is 1.90 bits per heavy atom. The molecule has 0 saturated heterocycles. The second kappa shape index (κ2) is 5.53. The number of amides is 1. The van der Waals surface area contributed by atoms with Gasteiger partial charge in [0.05, 0.1) is 6.54 Å². The quantitative estimate of drug-likeness (QED) is 0.852. The molecule has 0 unspecified atom stereocenters. The first-order valence-electron chi connectivity index (χ1n) is 6.94. The van der Waals surface area contributed by atoms with Crippen molar-refractivity contribution in [3.63, 3.8) is 0 Å². The lowest BCUT2D eigenvalue weighted by molar-refractivity contribution is -0.124. The monoisotopic (exact) mass is 275 g/mol. The molecule has 20 heavy (non-hydrogen) atoms. The standard InChI is InChI=1S/C15H17NO4/c17-12(8-16-15(18)10-3-1-2-4-10)11-5-6-13-14(7-11)20-9-19-13/h5-7,10H,1-4,8-9H2,(H,16,18). The molecule has 1 aliphatic heterocycles. The van der Waals surface area contributed by atoms with Gasteiger partial charge < -0.3 is 14.8 Å². The highest BCUT2D eigenvalue weighted by Crippen LogP contribution is 2.32. The van der Waals surface area contributed by atoms with Gasteiger partial charge in [-0.05, 0) is 31.0 Å². The van der Waals surface area contributed by atoms with Crippen LogP contribution in [0.4, 0.5) is 0 Å². The number of ketones is 1. The highest BCUT2D eigenvalue weighted by molar-refractivity contribution is 6.00. The van der Waals surface area contributed by atoms with Crippen molar-refractivity contribution < 1.29 is 19.1 Å². The average Bonchev–Trinajstić information content (AvgIpc) is 3.13. The van der Waals surface area contributed by atoms with Crippen LogP contribution in [0, 0.1) is 5.92 Å². The van der Waals surface area contributed by atoms with Gasteiger partial charge in [0.1, 0.15) is 0 Å². The van der Waals surface area contributed by atoms with Gasteiger partial charge in [-0.1, -0.05) is 12.8 Å². The molecule has 1 heterocycles. The lowest BCUT2D eigenvalue weighted by Gasteiger charge is -2.09. The van der Waals surface area contributed by atoms with Crippen LogP contribution in [-0.4, -0.2) is 25.0 Å². The van der Waals surface area contributed by atoms with E-state index in [-0.39, 0.29) is 30.9 Å². The van der Waals surface area contributed by atoms with Crippen LogP contribution >= 0.6 is 0 Å². The topological polar surface area (TPSA) is 64.6 Å². The number of carbonyl (C=O) groups is 2. The van der Waals surface area contributed by atoms with E-state index in [0.717, 1.165) is 25.7 Å². The van der Waals surface area contributed by atoms with E-state index in [4.69, 9.17) is 9.47 Å². The van der Waals surface area contributed by atoms with Crippen molar-refractivity contribution in [2.75, 3.05) is 13.3 Å². The van der Waals surface area contributed by atoms with Gasteiger partial charge in [-0.2, -0.15) is 0 Å². The fraction of sp³-hybridized carbons (Fsp3) is 0.467. The Balaban J connectivity index is 1.57. The number of carbonyl (C=O) groups excluding carboxylic acids is 2. The molecule has 1 aromatic rings. The first-order chi connectivity index (χ1) is 9.74. The molecule has 0 atom stereocenters. The predicted octanol–water partition coefficient (Wildman–Crippen LogP) is 1.90. The molecule has 1 fully saturated rings. The highest BCUT2D eigenvalue weighted by atomic mass is 16.7. The Morgan fingerprint density at radius 3 is 2.70 bits per heavy atom. The summed E-state index contributed by atoms with van der Waals surface area (Å²) in [4.78, 5) is 23.9. The molecule has 1 N–H and O–H groups in total. The summed E-state index contributed by atoms with van der Waals surface area (Å²) in [5.74, 6) is 1.19. The molecule has 0 bridgehead atoms. The van der Waals surface area contributed by atoms with Crippen LogP contribution in [0.2, 0.25) is 0 Å². The predicted molar refractivity (Wildman–Crippen MR) is 71.9 cm³/mol. The van der Waals surface area contributed by atoms with Crippen molar-refractivity contribution in [3.8, 4) is 11.5 Å². The van der Waals surface area contributed by atoms with Crippen molar-refractivity contribution >= 4 is 11.7 Å². The number of ether oxygens (including phenoxy) is 2. The van der Waals surface area contributed by atoms with Crippen LogP contribution in [0.1, 0.15) is 36.0 Å². The van der Waals surface area contributed by atoms with Crippen LogP contribution in [0.3, 0.4) is 0 Å². The summed E-state index contributed by atoms with van der Waals surface area (Å²) in [6.45, 7) is 0.223. The summed E-state index contributed by atoms with van der Waals surface area (Å²) < 4.78 is 10.4. The molecule has 0 spiro atoms. The van der Waals surface area contributed by atoms with Crippen LogP contribution in [0.25, 0.3) is 0 Å². The zero-order valence-electron chi connectivity index (χ0n) is 11.2. The van der Waals surface area contributed by atoms with Crippen molar-refractivity contribution in [3.05, 3.63) is 23.8 Å². The maximum absolute atomic E-state index is 12.1. The summed E-state index contributed by atoms with van der Waals surface area (Å²) in [6.07, 6.45) is 4.08. The molecule has 5 heteroatoms. The van der Waals surface area contributed by atoms with E-state index in [2.05, 4.69) is 5.32 Å². The van der Waals surface area contributed by atoms with Gasteiger partial charge in [0.15, 0.2) is 17.3 Å². The van der Waals surface area contributed by atoms with Gasteiger partial charge in [0.2, 0.25) is 12.7 Å². The summed E-state index contributed by atoms with van der Waals surface area (Å²) >= 11 is 0. The first-order valence-corrected chi connectivity index (χ1v) is 6.94. The SMILES string of the molecule is O=C(CNC(=O)C1CCCC1)c1ccc2c(c1)OCO2. The Kier molecular flexibility index (Phi) is 3.58. The molecule has 0 aromatic heterocycles. The normalized spacial score (nSPS) is 17.2. The number of nitrogens with one attached hydrogen (secondary N) is 1. The Labute approximate surface area is 117 Å². The average molecular weight is 275 g/mol. The van der Waals surface area contributed by atoms with Gasteiger partial charge >= 0.3 is 0 Å². The van der Waals surface area contributed by atoms with Gasteiger partial charge in [0.25, 0.3) is 0 Å². The van der Waals surface area contributed by atoms with Crippen LogP contribution in [0.15, 0.2) is 18.2 Å². The van der Waals surface area contributed by atoms with Gasteiger partial charge in [-0.3, -0.25) is 9.59 Å². The van der Waals surface area contributed by atoms with E-state index >= 15 is 0 Å². The fourth-order valence-corrected chi connectivity index (χ4v) is 2.67. The summed E-state index contributed by atoms with van der Waals surface area (Å²) in [5, 5.41) is 2.73. The summed E-state index contributed by atoms with van der Waals surface area (Å²) in [5.41, 5.74) is 0.529. The van der Waals surface area contributed by atoms with Crippen molar-refractivity contribution in [2.24, 2.45) is 5.92 Å². The molecule has 0 radical (unpaired) electrons. The van der Waals surface area contributed by atoms with E-state index in [0.29, 0.717) is 17.1 Å². The number of benzene rings is 1. The Morgan fingerprint density at radius 1 is 1.15 bits per heavy atom. The highest BCUT2D eigenvalue weighted by Gasteiger charge is 2.23. The second-order valence-electron chi connectivity index (χ2n) is 5.19. The summed E-state index contributed by atoms with van der Waals surface area (Å²) in [7, 11) is 0. The molecular formula is C15H17NO4. The van der Waals surface area contributed by atoms with Crippen molar-refractivity contribution in [1.29, 1.82) is 0 Å². The zero-order valence-corrected chi connectivity index (χ0v) is 11.2. The fourth-order valence-electron chi connectivity index (χ4n) is 2.67. The minimum absolute atomic E-state index is 0.00315. The molecule has 1 aliphatic carbocycles. The third-order valence-corrected chi connectivity index (χ3v) is 3.84. The van der Waals surface area contributed by atoms with Crippen molar-refractivity contribution in [1.82, 2.24) is 5.32 Å². The van der Waals surface area contributed by atoms with Crippen LogP contribution < -0.4 is 14.8 Å². The smallest absolute Gasteiger partial charge is 0.231 e. The summed E-state index contributed by atoms with van der Waals surface area (Å²) in [6, 6.07) is 5.07. The minimum atomic E-state index is -0.116. The molecule has 2 aliphatic rings. The van der Waals surface area contributed by atoms with E-state index in [1.54, 1.807) is 18.2 Å². The lowest BCUT2D eigenvalue weighted by atomic mass is 10.1. The molecule has 1 amide bonds. The zero-order chi connectivity index (χ0) is 13.9. The third-order valence-electron chi connectivity index (χ3n) is 3.84. The van der Waals surface area contributed by atoms with Gasteiger partial charge in [-0.15, -0.1) is 0 Å². The largest absolute Gasteiger partial charge is 0.454 e. The van der Waals surface area contributed by atoms with Gasteiger partial charge in [0, 0.05) is 11.5 Å². The maximum Gasteiger partial charge on any atom is 0.231 e. The Hall–Kier alpha value is -2.04. The second-order valence-corrected chi connectivity index (χ2v) is 5.19. The van der Waals surface area contributed by atoms with E-state index in [1.807, 2.05) is 0 Å². The minimum Gasteiger partial charge on any atom is -0.454 e. The Bertz CT molecular complexity index is 535. The number of hydrogen-bond acceptors (Lipinski definition) is 4. The first kappa shape index (κ1) is 13.0. The number of fused-ring (bicyclic) bond motifs is 1. The number of rotatable bonds is 4. The van der Waals surface area contributed by atoms with E-state index < -0.39 is 0 Å². The van der Waals surface area contributed by atoms with Crippen LogP contribution in [0.5, 0.6) is 11.5 Å². The molecular weight excluding hydrogens is 258 g/mol. The molecule has 5 nitrogen and oxygen atoms in total. The molecule has 1 aromatic carbocycles. The lowest BCUT2D eigenvalue weighted by Crippen LogP contribution is -2.33. The van der Waals surface area contributed by atoms with E-state index in [9.17, 15) is 9.59 Å². The van der Waals surface area contributed by atoms with Crippen LogP contribution in [-0.2, 0) is 4.79 Å². The van der Waals surface area contributed by atoms with Crippen molar-refractivity contribution in [2.45, 2.75) is 25.7 Å². The van der Waals surface area contributed by atoms with Gasteiger partial charge in [-0.25, -0.2) is 0 Å². The molecule has 1 saturated carbocycles. The number of hydrogen-bond donors (Lipinski definition) is 1. The third kappa shape index (κ3) is 2.61. The number of Topliss-reactive ketones (excluding diaryl/α,β-unsaturated/α-hetero) is 1.